The Morgan fingerprint density at radius 3 is 2.32 bits per heavy atom. The van der Waals surface area contributed by atoms with E-state index in [1.165, 1.54) is 50.5 Å². The SMILES string of the molecule is N#Cc1ccc(C(C2CCCCCCC2)n2ccnc2)cc1. The minimum Gasteiger partial charge on any atom is -0.330 e. The van der Waals surface area contributed by atoms with Crippen LogP contribution in [0.3, 0.4) is 0 Å². The zero-order valence-corrected chi connectivity index (χ0v) is 13.0. The molecule has 1 aromatic heterocycles. The van der Waals surface area contributed by atoms with Crippen molar-refractivity contribution in [2.24, 2.45) is 5.92 Å². The van der Waals surface area contributed by atoms with Gasteiger partial charge in [0.25, 0.3) is 0 Å². The van der Waals surface area contributed by atoms with Crippen molar-refractivity contribution in [2.45, 2.75) is 51.0 Å². The van der Waals surface area contributed by atoms with Crippen LogP contribution in [0.5, 0.6) is 0 Å². The zero-order chi connectivity index (χ0) is 15.2. The predicted octanol–water partition coefficient (Wildman–Crippen LogP) is 4.70. The molecule has 0 radical (unpaired) electrons. The Morgan fingerprint density at radius 1 is 1.05 bits per heavy atom. The van der Waals surface area contributed by atoms with Gasteiger partial charge < -0.3 is 4.57 Å². The van der Waals surface area contributed by atoms with Crippen LogP contribution in [0, 0.1) is 17.2 Å². The second-order valence-electron chi connectivity index (χ2n) is 6.29. The van der Waals surface area contributed by atoms with E-state index in [1.807, 2.05) is 24.7 Å². The third-order valence-electron chi connectivity index (χ3n) is 4.82. The van der Waals surface area contributed by atoms with Crippen molar-refractivity contribution >= 4 is 0 Å². The van der Waals surface area contributed by atoms with Crippen molar-refractivity contribution in [3.63, 3.8) is 0 Å². The van der Waals surface area contributed by atoms with Crippen molar-refractivity contribution in [3.05, 3.63) is 54.1 Å². The Labute approximate surface area is 132 Å². The van der Waals surface area contributed by atoms with Crippen LogP contribution in [0.2, 0.25) is 0 Å². The van der Waals surface area contributed by atoms with E-state index in [9.17, 15) is 0 Å². The topological polar surface area (TPSA) is 41.6 Å². The lowest BCUT2D eigenvalue weighted by atomic mass is 9.82. The Balaban J connectivity index is 1.90. The van der Waals surface area contributed by atoms with E-state index < -0.39 is 0 Å². The fourth-order valence-electron chi connectivity index (χ4n) is 3.68. The minimum absolute atomic E-state index is 0.341. The summed E-state index contributed by atoms with van der Waals surface area (Å²) in [5, 5.41) is 9.00. The molecule has 1 aromatic carbocycles. The molecule has 0 spiro atoms. The molecule has 1 aliphatic rings. The predicted molar refractivity (Wildman–Crippen MR) is 87.3 cm³/mol. The van der Waals surface area contributed by atoms with Gasteiger partial charge in [0.2, 0.25) is 0 Å². The summed E-state index contributed by atoms with van der Waals surface area (Å²) in [6, 6.07) is 10.6. The molecular formula is C19H23N3. The molecule has 1 heterocycles. The smallest absolute Gasteiger partial charge is 0.0991 e. The first kappa shape index (κ1) is 14.8. The summed E-state index contributed by atoms with van der Waals surface area (Å²) in [7, 11) is 0. The summed E-state index contributed by atoms with van der Waals surface area (Å²) in [6.07, 6.45) is 15.2. The van der Waals surface area contributed by atoms with E-state index in [-0.39, 0.29) is 0 Å². The van der Waals surface area contributed by atoms with E-state index in [2.05, 4.69) is 33.9 Å². The normalized spacial score (nSPS) is 18.1. The number of benzene rings is 1. The highest BCUT2D eigenvalue weighted by Gasteiger charge is 2.25. The number of hydrogen-bond acceptors (Lipinski definition) is 2. The molecule has 2 aromatic rings. The average molecular weight is 293 g/mol. The molecule has 0 aliphatic heterocycles. The monoisotopic (exact) mass is 293 g/mol. The van der Waals surface area contributed by atoms with Crippen LogP contribution in [-0.2, 0) is 0 Å². The van der Waals surface area contributed by atoms with Crippen LogP contribution in [0.1, 0.15) is 62.1 Å². The van der Waals surface area contributed by atoms with Gasteiger partial charge in [0.15, 0.2) is 0 Å². The van der Waals surface area contributed by atoms with Gasteiger partial charge in [0.05, 0.1) is 24.0 Å². The quantitative estimate of drug-likeness (QED) is 0.822. The first-order valence-corrected chi connectivity index (χ1v) is 8.36. The molecule has 3 nitrogen and oxygen atoms in total. The van der Waals surface area contributed by atoms with Crippen LogP contribution in [0.15, 0.2) is 43.0 Å². The number of nitriles is 1. The molecule has 3 heteroatoms. The summed E-state index contributed by atoms with van der Waals surface area (Å²) >= 11 is 0. The molecule has 0 bridgehead atoms. The fraction of sp³-hybridized carbons (Fsp3) is 0.474. The van der Waals surface area contributed by atoms with Crippen molar-refractivity contribution in [1.82, 2.24) is 9.55 Å². The lowest BCUT2D eigenvalue weighted by Gasteiger charge is -2.30. The standard InChI is InChI=1S/C19H23N3/c20-14-16-8-10-18(11-9-16)19(22-13-12-21-15-22)17-6-4-2-1-3-5-7-17/h8-13,15,17,19H,1-7H2. The van der Waals surface area contributed by atoms with Gasteiger partial charge in [0.1, 0.15) is 0 Å². The summed E-state index contributed by atoms with van der Waals surface area (Å²) in [4.78, 5) is 4.25. The van der Waals surface area contributed by atoms with Gasteiger partial charge in [-0.15, -0.1) is 0 Å². The highest BCUT2D eigenvalue weighted by atomic mass is 15.1. The van der Waals surface area contributed by atoms with Gasteiger partial charge >= 0.3 is 0 Å². The van der Waals surface area contributed by atoms with Crippen LogP contribution in [0.25, 0.3) is 0 Å². The van der Waals surface area contributed by atoms with Gasteiger partial charge in [-0.1, -0.05) is 44.2 Å². The van der Waals surface area contributed by atoms with E-state index in [1.54, 1.807) is 0 Å². The molecule has 0 saturated heterocycles. The van der Waals surface area contributed by atoms with Crippen molar-refractivity contribution in [2.75, 3.05) is 0 Å². The molecule has 3 rings (SSSR count). The van der Waals surface area contributed by atoms with Crippen LogP contribution in [-0.4, -0.2) is 9.55 Å². The molecule has 1 saturated carbocycles. The molecule has 1 aliphatic carbocycles. The number of hydrogen-bond donors (Lipinski definition) is 0. The van der Waals surface area contributed by atoms with Crippen LogP contribution < -0.4 is 0 Å². The molecule has 114 valence electrons. The molecule has 1 atom stereocenters. The maximum atomic E-state index is 9.00. The molecule has 0 amide bonds. The highest BCUT2D eigenvalue weighted by molar-refractivity contribution is 5.33. The van der Waals surface area contributed by atoms with Gasteiger partial charge in [-0.3, -0.25) is 0 Å². The van der Waals surface area contributed by atoms with Gasteiger partial charge in [-0.25, -0.2) is 4.98 Å². The van der Waals surface area contributed by atoms with Gasteiger partial charge in [-0.2, -0.15) is 5.26 Å². The maximum absolute atomic E-state index is 9.00. The van der Waals surface area contributed by atoms with E-state index in [0.717, 1.165) is 5.56 Å². The summed E-state index contributed by atoms with van der Waals surface area (Å²) in [6.45, 7) is 0. The molecule has 1 fully saturated rings. The van der Waals surface area contributed by atoms with Crippen molar-refractivity contribution in [3.8, 4) is 6.07 Å². The Morgan fingerprint density at radius 2 is 1.73 bits per heavy atom. The number of imidazole rings is 1. The number of nitrogens with zero attached hydrogens (tertiary/aromatic N) is 3. The average Bonchev–Trinajstić information content (AvgIpc) is 3.04. The summed E-state index contributed by atoms with van der Waals surface area (Å²) in [5.41, 5.74) is 2.02. The number of rotatable bonds is 3. The third-order valence-corrected chi connectivity index (χ3v) is 4.82. The summed E-state index contributed by atoms with van der Waals surface area (Å²) in [5.74, 6) is 0.655. The molecule has 22 heavy (non-hydrogen) atoms. The van der Waals surface area contributed by atoms with E-state index in [0.29, 0.717) is 12.0 Å². The first-order valence-electron chi connectivity index (χ1n) is 8.36. The van der Waals surface area contributed by atoms with Gasteiger partial charge in [-0.05, 0) is 36.5 Å². The lowest BCUT2D eigenvalue weighted by Crippen LogP contribution is -2.21. The second kappa shape index (κ2) is 7.26. The van der Waals surface area contributed by atoms with Crippen LogP contribution >= 0.6 is 0 Å². The van der Waals surface area contributed by atoms with Crippen molar-refractivity contribution in [1.29, 1.82) is 5.26 Å². The minimum atomic E-state index is 0.341. The lowest BCUT2D eigenvalue weighted by molar-refractivity contribution is 0.296. The molecule has 0 N–H and O–H groups in total. The van der Waals surface area contributed by atoms with Gasteiger partial charge in [0, 0.05) is 12.4 Å². The Bertz CT molecular complexity index is 599. The largest absolute Gasteiger partial charge is 0.330 e. The first-order chi connectivity index (χ1) is 10.9. The Kier molecular flexibility index (Phi) is 4.90. The van der Waals surface area contributed by atoms with E-state index in [4.69, 9.17) is 5.26 Å². The zero-order valence-electron chi connectivity index (χ0n) is 13.0. The molecular weight excluding hydrogens is 270 g/mol. The second-order valence-corrected chi connectivity index (χ2v) is 6.29. The third kappa shape index (κ3) is 3.39. The molecule has 1 unspecified atom stereocenters. The summed E-state index contributed by atoms with van der Waals surface area (Å²) < 4.78 is 2.24. The fourth-order valence-corrected chi connectivity index (χ4v) is 3.68. The number of aromatic nitrogens is 2. The van der Waals surface area contributed by atoms with E-state index >= 15 is 0 Å². The van der Waals surface area contributed by atoms with Crippen LogP contribution in [0.4, 0.5) is 0 Å². The van der Waals surface area contributed by atoms with Crippen molar-refractivity contribution < 1.29 is 0 Å². The maximum Gasteiger partial charge on any atom is 0.0991 e. The highest BCUT2D eigenvalue weighted by Crippen LogP contribution is 2.35. The Hall–Kier alpha value is -2.08.